The molecule has 6 nitrogen and oxygen atoms in total. The van der Waals surface area contributed by atoms with Crippen LogP contribution < -0.4 is 5.32 Å². The molecular weight excluding hydrogens is 470 g/mol. The van der Waals surface area contributed by atoms with E-state index in [-0.39, 0.29) is 11.5 Å². The third-order valence-electron chi connectivity index (χ3n) is 5.28. The van der Waals surface area contributed by atoms with E-state index >= 15 is 0 Å². The van der Waals surface area contributed by atoms with E-state index in [1.165, 1.54) is 18.6 Å². The molecule has 4 aromatic rings. The normalized spacial score (nSPS) is 11.9. The van der Waals surface area contributed by atoms with Gasteiger partial charge in [-0.3, -0.25) is 14.6 Å². The maximum Gasteiger partial charge on any atom is 0.286 e. The highest BCUT2D eigenvalue weighted by Crippen LogP contribution is 2.15. The van der Waals surface area contributed by atoms with E-state index in [1.54, 1.807) is 60.7 Å². The SMILES string of the molecule is Cc1ccccc1C(=O)Nc1cccc(C#Cc2cncc(C(=O)N=S(C)(=O)c3ccccc3)c2)c1. The van der Waals surface area contributed by atoms with Crippen molar-refractivity contribution in [3.63, 3.8) is 0 Å². The van der Waals surface area contributed by atoms with E-state index in [9.17, 15) is 13.8 Å². The summed E-state index contributed by atoms with van der Waals surface area (Å²) in [7, 11) is -2.89. The molecule has 0 aliphatic heterocycles. The molecule has 0 saturated carbocycles. The number of rotatable bonds is 4. The number of aryl methyl sites for hydroxylation is 1. The van der Waals surface area contributed by atoms with Crippen LogP contribution in [0.15, 0.2) is 107 Å². The molecule has 0 aliphatic carbocycles. The topological polar surface area (TPSA) is 88.5 Å². The van der Waals surface area contributed by atoms with Crippen molar-refractivity contribution in [3.05, 3.63) is 125 Å². The van der Waals surface area contributed by atoms with Crippen LogP contribution in [0.2, 0.25) is 0 Å². The van der Waals surface area contributed by atoms with Crippen LogP contribution in [0.4, 0.5) is 5.69 Å². The Morgan fingerprint density at radius 2 is 1.58 bits per heavy atom. The molecule has 0 bridgehead atoms. The number of pyridine rings is 1. The van der Waals surface area contributed by atoms with Crippen molar-refractivity contribution in [2.75, 3.05) is 11.6 Å². The summed E-state index contributed by atoms with van der Waals surface area (Å²) in [4.78, 5) is 29.8. The first kappa shape index (κ1) is 24.6. The second kappa shape index (κ2) is 10.8. The van der Waals surface area contributed by atoms with E-state index in [1.807, 2.05) is 31.2 Å². The van der Waals surface area contributed by atoms with Crippen molar-refractivity contribution < 1.29 is 13.8 Å². The maximum absolute atomic E-state index is 12.9. The largest absolute Gasteiger partial charge is 0.322 e. The van der Waals surface area contributed by atoms with Gasteiger partial charge in [-0.2, -0.15) is 4.36 Å². The van der Waals surface area contributed by atoms with Gasteiger partial charge in [-0.25, -0.2) is 4.21 Å². The summed E-state index contributed by atoms with van der Waals surface area (Å²) in [5.74, 6) is 5.19. The number of nitrogens with one attached hydrogen (secondary N) is 1. The van der Waals surface area contributed by atoms with Gasteiger partial charge < -0.3 is 5.32 Å². The highest BCUT2D eigenvalue weighted by molar-refractivity contribution is 7.93. The van der Waals surface area contributed by atoms with Gasteiger partial charge in [0.15, 0.2) is 0 Å². The molecule has 0 spiro atoms. The minimum absolute atomic E-state index is 0.194. The fourth-order valence-electron chi connectivity index (χ4n) is 3.41. The summed E-state index contributed by atoms with van der Waals surface area (Å²) in [6, 6.07) is 24.8. The van der Waals surface area contributed by atoms with Gasteiger partial charge in [0, 0.05) is 45.9 Å². The molecule has 36 heavy (non-hydrogen) atoms. The lowest BCUT2D eigenvalue weighted by Crippen LogP contribution is -2.13. The molecule has 3 aromatic carbocycles. The minimum atomic E-state index is -2.89. The highest BCUT2D eigenvalue weighted by atomic mass is 32.2. The molecule has 0 aliphatic rings. The van der Waals surface area contributed by atoms with Crippen LogP contribution in [0.1, 0.15) is 37.4 Å². The third kappa shape index (κ3) is 6.12. The predicted molar refractivity (Wildman–Crippen MR) is 141 cm³/mol. The van der Waals surface area contributed by atoms with E-state index < -0.39 is 15.6 Å². The number of anilines is 1. The maximum atomic E-state index is 12.9. The molecule has 1 N–H and O–H groups in total. The Bertz CT molecular complexity index is 1630. The predicted octanol–water partition coefficient (Wildman–Crippen LogP) is 5.34. The lowest BCUT2D eigenvalue weighted by atomic mass is 10.1. The van der Waals surface area contributed by atoms with Crippen LogP contribution in [-0.2, 0) is 9.73 Å². The molecule has 0 radical (unpaired) electrons. The molecule has 0 saturated heterocycles. The zero-order valence-electron chi connectivity index (χ0n) is 19.8. The second-order valence-corrected chi connectivity index (χ2v) is 10.3. The summed E-state index contributed by atoms with van der Waals surface area (Å²) >= 11 is 0. The van der Waals surface area contributed by atoms with Gasteiger partial charge in [0.25, 0.3) is 11.8 Å². The van der Waals surface area contributed by atoms with Crippen molar-refractivity contribution in [3.8, 4) is 11.8 Å². The van der Waals surface area contributed by atoms with E-state index in [2.05, 4.69) is 26.5 Å². The van der Waals surface area contributed by atoms with Crippen LogP contribution in [0.5, 0.6) is 0 Å². The number of carbonyl (C=O) groups excluding carboxylic acids is 2. The van der Waals surface area contributed by atoms with Crippen LogP contribution in [0.3, 0.4) is 0 Å². The van der Waals surface area contributed by atoms with Crippen molar-refractivity contribution in [1.82, 2.24) is 4.98 Å². The number of nitrogens with zero attached hydrogens (tertiary/aromatic N) is 2. The summed E-state index contributed by atoms with van der Waals surface area (Å²) in [6.45, 7) is 1.89. The molecule has 1 heterocycles. The van der Waals surface area contributed by atoms with Gasteiger partial charge in [-0.05, 0) is 55.0 Å². The van der Waals surface area contributed by atoms with Crippen molar-refractivity contribution in [2.24, 2.45) is 4.36 Å². The Kier molecular flexibility index (Phi) is 7.38. The monoisotopic (exact) mass is 493 g/mol. The van der Waals surface area contributed by atoms with E-state index in [0.29, 0.717) is 27.3 Å². The molecule has 7 heteroatoms. The third-order valence-corrected chi connectivity index (χ3v) is 6.95. The lowest BCUT2D eigenvalue weighted by Gasteiger charge is -2.07. The molecule has 178 valence electrons. The average molecular weight is 494 g/mol. The molecule has 0 fully saturated rings. The smallest absolute Gasteiger partial charge is 0.286 e. The van der Waals surface area contributed by atoms with Crippen molar-refractivity contribution in [2.45, 2.75) is 11.8 Å². The first-order chi connectivity index (χ1) is 17.3. The van der Waals surface area contributed by atoms with Crippen LogP contribution in [0, 0.1) is 18.8 Å². The Morgan fingerprint density at radius 3 is 2.36 bits per heavy atom. The van der Waals surface area contributed by atoms with Crippen LogP contribution in [-0.4, -0.2) is 27.3 Å². The van der Waals surface area contributed by atoms with Crippen LogP contribution in [0.25, 0.3) is 0 Å². The Labute approximate surface area is 210 Å². The number of aromatic nitrogens is 1. The fourth-order valence-corrected chi connectivity index (χ4v) is 4.60. The molecule has 1 aromatic heterocycles. The number of carbonyl (C=O) groups is 2. The van der Waals surface area contributed by atoms with Gasteiger partial charge >= 0.3 is 0 Å². The summed E-state index contributed by atoms with van der Waals surface area (Å²) in [6.07, 6.45) is 4.34. The summed E-state index contributed by atoms with van der Waals surface area (Å²) < 4.78 is 16.9. The van der Waals surface area contributed by atoms with Gasteiger partial charge in [-0.15, -0.1) is 0 Å². The number of hydrogen-bond acceptors (Lipinski definition) is 4. The van der Waals surface area contributed by atoms with Crippen molar-refractivity contribution in [1.29, 1.82) is 0 Å². The van der Waals surface area contributed by atoms with Gasteiger partial charge in [0.1, 0.15) is 0 Å². The van der Waals surface area contributed by atoms with Crippen LogP contribution >= 0.6 is 0 Å². The zero-order chi connectivity index (χ0) is 25.5. The summed E-state index contributed by atoms with van der Waals surface area (Å²) in [5.41, 5.74) is 3.51. The van der Waals surface area contributed by atoms with Crippen molar-refractivity contribution >= 4 is 27.2 Å². The lowest BCUT2D eigenvalue weighted by molar-refractivity contribution is 0.100. The zero-order valence-corrected chi connectivity index (χ0v) is 20.6. The Hall–Kier alpha value is -4.54. The fraction of sp³-hybridized carbons (Fsp3) is 0.0690. The van der Waals surface area contributed by atoms with Gasteiger partial charge in [0.05, 0.1) is 15.3 Å². The number of amides is 2. The second-order valence-electron chi connectivity index (χ2n) is 8.07. The van der Waals surface area contributed by atoms with E-state index in [4.69, 9.17) is 0 Å². The van der Waals surface area contributed by atoms with Gasteiger partial charge in [0.2, 0.25) is 0 Å². The molecule has 1 atom stereocenters. The minimum Gasteiger partial charge on any atom is -0.322 e. The van der Waals surface area contributed by atoms with Gasteiger partial charge in [-0.1, -0.05) is 54.3 Å². The molecule has 4 rings (SSSR count). The summed E-state index contributed by atoms with van der Waals surface area (Å²) in [5, 5.41) is 2.89. The molecule has 1 unspecified atom stereocenters. The first-order valence-corrected chi connectivity index (χ1v) is 13.0. The first-order valence-electron chi connectivity index (χ1n) is 11.1. The Balaban J connectivity index is 1.52. The van der Waals surface area contributed by atoms with E-state index in [0.717, 1.165) is 5.56 Å². The Morgan fingerprint density at radius 1 is 0.861 bits per heavy atom. The number of benzene rings is 3. The molecule has 2 amide bonds. The quantitative estimate of drug-likeness (QED) is 0.389. The standard InChI is InChI=1S/C29H23N3O3S/c1-21-9-6-7-14-27(21)29(34)31-25-11-8-10-22(18-25)15-16-23-17-24(20-30-19-23)28(33)32-36(2,35)26-12-4-3-5-13-26/h3-14,17-20H,1-2H3,(H,31,34). The average Bonchev–Trinajstić information content (AvgIpc) is 2.88. The number of hydrogen-bond donors (Lipinski definition) is 1. The molecular formula is C29H23N3O3S. The highest BCUT2D eigenvalue weighted by Gasteiger charge is 2.12.